The van der Waals surface area contributed by atoms with Gasteiger partial charge in [-0.15, -0.1) is 11.8 Å². The third-order valence-corrected chi connectivity index (χ3v) is 5.83. The average molecular weight is 354 g/mol. The van der Waals surface area contributed by atoms with E-state index in [-0.39, 0.29) is 29.7 Å². The summed E-state index contributed by atoms with van der Waals surface area (Å²) in [6.07, 6.45) is -0.0561. The lowest BCUT2D eigenvalue weighted by Crippen LogP contribution is -2.65. The van der Waals surface area contributed by atoms with Crippen molar-refractivity contribution in [2.75, 3.05) is 0 Å². The normalized spacial score (nSPS) is 28.5. The minimum Gasteiger partial charge on any atom is -0.312 e. The summed E-state index contributed by atoms with van der Waals surface area (Å²) < 4.78 is 0. The molecule has 4 atom stereocenters. The SMILES string of the molecule is CC1NN2C(=O)NC(SCc3ccccc3)NC2C1c1ccccc1. The summed E-state index contributed by atoms with van der Waals surface area (Å²) in [4.78, 5) is 12.5. The molecule has 2 saturated heterocycles. The molecule has 0 saturated carbocycles. The van der Waals surface area contributed by atoms with Gasteiger partial charge in [0.15, 0.2) is 0 Å². The summed E-state index contributed by atoms with van der Waals surface area (Å²) in [5, 5.41) is 8.31. The summed E-state index contributed by atoms with van der Waals surface area (Å²) in [6, 6.07) is 20.8. The number of carbonyl (C=O) groups is 1. The number of fused-ring (bicyclic) bond motifs is 1. The number of urea groups is 1. The highest BCUT2D eigenvalue weighted by atomic mass is 32.2. The molecule has 2 amide bonds. The quantitative estimate of drug-likeness (QED) is 0.790. The lowest BCUT2D eigenvalue weighted by Gasteiger charge is -2.37. The van der Waals surface area contributed by atoms with E-state index >= 15 is 0 Å². The minimum absolute atomic E-state index is 0.0561. The lowest BCUT2D eigenvalue weighted by molar-refractivity contribution is 0.127. The first-order chi connectivity index (χ1) is 12.2. The van der Waals surface area contributed by atoms with E-state index in [0.29, 0.717) is 0 Å². The smallest absolute Gasteiger partial charge is 0.312 e. The highest BCUT2D eigenvalue weighted by Crippen LogP contribution is 2.33. The van der Waals surface area contributed by atoms with Gasteiger partial charge in [0.25, 0.3) is 0 Å². The Bertz CT molecular complexity index is 727. The van der Waals surface area contributed by atoms with Crippen LogP contribution >= 0.6 is 11.8 Å². The first-order valence-corrected chi connectivity index (χ1v) is 9.59. The van der Waals surface area contributed by atoms with E-state index in [2.05, 4.69) is 59.4 Å². The van der Waals surface area contributed by atoms with E-state index in [1.807, 2.05) is 24.3 Å². The summed E-state index contributed by atoms with van der Waals surface area (Å²) >= 11 is 1.70. The van der Waals surface area contributed by atoms with Crippen LogP contribution in [-0.2, 0) is 5.75 Å². The van der Waals surface area contributed by atoms with Crippen LogP contribution in [0.5, 0.6) is 0 Å². The molecule has 2 aromatic carbocycles. The van der Waals surface area contributed by atoms with Gasteiger partial charge in [-0.25, -0.2) is 15.2 Å². The van der Waals surface area contributed by atoms with Crippen molar-refractivity contribution >= 4 is 17.8 Å². The number of rotatable bonds is 4. The lowest BCUT2D eigenvalue weighted by atomic mass is 9.91. The molecular formula is C19H22N4OS. The van der Waals surface area contributed by atoms with E-state index in [4.69, 9.17) is 0 Å². The first-order valence-electron chi connectivity index (χ1n) is 8.55. The summed E-state index contributed by atoms with van der Waals surface area (Å²) in [5.74, 6) is 1.07. The fourth-order valence-electron chi connectivity index (χ4n) is 3.55. The number of amides is 2. The van der Waals surface area contributed by atoms with E-state index in [0.717, 1.165) is 5.75 Å². The van der Waals surface area contributed by atoms with Crippen molar-refractivity contribution in [3.05, 3.63) is 71.8 Å². The van der Waals surface area contributed by atoms with Crippen LogP contribution < -0.4 is 16.1 Å². The Balaban J connectivity index is 1.49. The Hall–Kier alpha value is -2.02. The van der Waals surface area contributed by atoms with Crippen molar-refractivity contribution in [2.24, 2.45) is 0 Å². The van der Waals surface area contributed by atoms with Crippen LogP contribution in [0.1, 0.15) is 24.0 Å². The molecule has 0 spiro atoms. The molecule has 0 aliphatic carbocycles. The van der Waals surface area contributed by atoms with Gasteiger partial charge in [0.1, 0.15) is 11.7 Å². The molecule has 2 fully saturated rings. The van der Waals surface area contributed by atoms with Gasteiger partial charge >= 0.3 is 6.03 Å². The summed E-state index contributed by atoms with van der Waals surface area (Å²) in [5.41, 5.74) is 5.69. The maximum atomic E-state index is 12.5. The van der Waals surface area contributed by atoms with Crippen LogP contribution in [0.25, 0.3) is 0 Å². The first kappa shape index (κ1) is 16.4. The predicted octanol–water partition coefficient (Wildman–Crippen LogP) is 2.83. The molecule has 2 aliphatic heterocycles. The molecule has 3 N–H and O–H groups in total. The van der Waals surface area contributed by atoms with Crippen LogP contribution in [0.3, 0.4) is 0 Å². The molecule has 4 unspecified atom stereocenters. The molecular weight excluding hydrogens is 332 g/mol. The number of carbonyl (C=O) groups excluding carboxylic acids is 1. The fraction of sp³-hybridized carbons (Fsp3) is 0.316. The maximum absolute atomic E-state index is 12.5. The van der Waals surface area contributed by atoms with E-state index in [1.54, 1.807) is 16.8 Å². The standard InChI is InChI=1S/C19H22N4OS/c1-13-16(15-10-6-3-7-11-15)17-20-18(21-19(24)23(17)22-13)25-12-14-8-4-2-5-9-14/h2-11,13,16-18,20,22H,12H2,1H3,(H,21,24). The van der Waals surface area contributed by atoms with Crippen molar-refractivity contribution in [2.45, 2.75) is 36.3 Å². The maximum Gasteiger partial charge on any atom is 0.335 e. The van der Waals surface area contributed by atoms with Crippen molar-refractivity contribution in [3.8, 4) is 0 Å². The molecule has 0 radical (unpaired) electrons. The molecule has 4 rings (SSSR count). The number of thioether (sulfide) groups is 1. The summed E-state index contributed by atoms with van der Waals surface area (Å²) in [6.45, 7) is 2.12. The molecule has 0 aromatic heterocycles. The molecule has 2 heterocycles. The zero-order chi connectivity index (χ0) is 17.2. The van der Waals surface area contributed by atoms with Crippen molar-refractivity contribution in [3.63, 3.8) is 0 Å². The minimum atomic E-state index is -0.104. The van der Waals surface area contributed by atoms with E-state index < -0.39 is 0 Å². The number of benzene rings is 2. The Labute approximate surface area is 152 Å². The largest absolute Gasteiger partial charge is 0.335 e. The Morgan fingerprint density at radius 1 is 1.04 bits per heavy atom. The number of hydrogen-bond donors (Lipinski definition) is 3. The van der Waals surface area contributed by atoms with Gasteiger partial charge in [0, 0.05) is 17.7 Å². The van der Waals surface area contributed by atoms with Gasteiger partial charge in [-0.05, 0) is 18.1 Å². The van der Waals surface area contributed by atoms with E-state index in [9.17, 15) is 4.79 Å². The van der Waals surface area contributed by atoms with Crippen molar-refractivity contribution < 1.29 is 4.79 Å². The fourth-order valence-corrected chi connectivity index (χ4v) is 4.52. The highest BCUT2D eigenvalue weighted by molar-refractivity contribution is 7.99. The number of nitrogens with zero attached hydrogens (tertiary/aromatic N) is 1. The van der Waals surface area contributed by atoms with Crippen LogP contribution in [-0.4, -0.2) is 28.7 Å². The Kier molecular flexibility index (Phi) is 4.65. The van der Waals surface area contributed by atoms with Crippen molar-refractivity contribution in [1.82, 2.24) is 21.1 Å². The monoisotopic (exact) mass is 354 g/mol. The molecule has 130 valence electrons. The third-order valence-electron chi connectivity index (χ3n) is 4.74. The van der Waals surface area contributed by atoms with E-state index in [1.165, 1.54) is 11.1 Å². The molecule has 5 nitrogen and oxygen atoms in total. The second-order valence-electron chi connectivity index (χ2n) is 6.46. The van der Waals surface area contributed by atoms with Gasteiger partial charge in [-0.1, -0.05) is 60.7 Å². The van der Waals surface area contributed by atoms with Crippen LogP contribution in [0.4, 0.5) is 4.79 Å². The van der Waals surface area contributed by atoms with Crippen LogP contribution in [0.15, 0.2) is 60.7 Å². The van der Waals surface area contributed by atoms with Gasteiger partial charge in [0.05, 0.1) is 0 Å². The van der Waals surface area contributed by atoms with Gasteiger partial charge in [-0.3, -0.25) is 5.32 Å². The molecule has 25 heavy (non-hydrogen) atoms. The predicted molar refractivity (Wildman–Crippen MR) is 101 cm³/mol. The van der Waals surface area contributed by atoms with Gasteiger partial charge in [0.2, 0.25) is 0 Å². The average Bonchev–Trinajstić information content (AvgIpc) is 2.98. The second kappa shape index (κ2) is 7.07. The topological polar surface area (TPSA) is 56.4 Å². The Morgan fingerprint density at radius 2 is 1.72 bits per heavy atom. The van der Waals surface area contributed by atoms with Crippen LogP contribution in [0, 0.1) is 0 Å². The third kappa shape index (κ3) is 3.38. The van der Waals surface area contributed by atoms with Crippen LogP contribution in [0.2, 0.25) is 0 Å². The zero-order valence-corrected chi connectivity index (χ0v) is 14.9. The molecule has 0 bridgehead atoms. The Morgan fingerprint density at radius 3 is 2.44 bits per heavy atom. The van der Waals surface area contributed by atoms with Gasteiger partial charge < -0.3 is 5.32 Å². The van der Waals surface area contributed by atoms with Gasteiger partial charge in [-0.2, -0.15) is 0 Å². The van der Waals surface area contributed by atoms with Crippen molar-refractivity contribution in [1.29, 1.82) is 0 Å². The highest BCUT2D eigenvalue weighted by Gasteiger charge is 2.46. The second-order valence-corrected chi connectivity index (χ2v) is 7.56. The molecule has 2 aliphatic rings. The zero-order valence-electron chi connectivity index (χ0n) is 14.1. The number of hydrogen-bond acceptors (Lipinski definition) is 4. The number of hydrazine groups is 1. The molecule has 6 heteroatoms. The number of nitrogens with one attached hydrogen (secondary N) is 3. The summed E-state index contributed by atoms with van der Waals surface area (Å²) in [7, 11) is 0. The molecule has 2 aromatic rings.